The first-order chi connectivity index (χ1) is 24.7. The normalized spacial score (nSPS) is 12.7. The number of hydrogen-bond donors (Lipinski definition) is 3. The topological polar surface area (TPSA) is 152 Å². The van der Waals surface area contributed by atoms with Gasteiger partial charge in [-0.2, -0.15) is 0 Å². The highest BCUT2D eigenvalue weighted by molar-refractivity contribution is 7.89. The largest absolute Gasteiger partial charge is 0.445 e. The summed E-state index contributed by atoms with van der Waals surface area (Å²) >= 11 is 12.0. The van der Waals surface area contributed by atoms with Crippen LogP contribution in [0.1, 0.15) is 44.7 Å². The lowest BCUT2D eigenvalue weighted by molar-refractivity contribution is -0.162. The predicted octanol–water partition coefficient (Wildman–Crippen LogP) is 5.38. The van der Waals surface area contributed by atoms with Gasteiger partial charge >= 0.3 is 6.09 Å². The van der Waals surface area contributed by atoms with Crippen molar-refractivity contribution in [2.45, 2.75) is 63.5 Å². The Balaban J connectivity index is 1.89. The average Bonchev–Trinajstić information content (AvgIpc) is 3.09. The quantitative estimate of drug-likeness (QED) is 0.137. The number of sulfonamides is 1. The molecule has 0 heterocycles. The van der Waals surface area contributed by atoms with E-state index in [-0.39, 0.29) is 33.7 Å². The smallest absolute Gasteiger partial charge is 0.408 e. The third-order valence-corrected chi connectivity index (χ3v) is 9.71. The number of nitrogens with one attached hydrogen (secondary N) is 3. The molecule has 0 aliphatic carbocycles. The van der Waals surface area contributed by atoms with Crippen LogP contribution in [0, 0.1) is 11.6 Å². The third kappa shape index (κ3) is 12.7. The van der Waals surface area contributed by atoms with E-state index in [2.05, 4.69) is 15.4 Å². The molecule has 2 atom stereocenters. The first-order valence-electron chi connectivity index (χ1n) is 16.3. The molecule has 52 heavy (non-hydrogen) atoms. The Morgan fingerprint density at radius 2 is 1.56 bits per heavy atom. The fraction of sp³-hybridized carbons (Fsp3) is 0.400. The van der Waals surface area contributed by atoms with Gasteiger partial charge in [0.15, 0.2) is 17.9 Å². The SMILES string of the molecule is CCOC(CN(C(=O)C(CNC(=O)C(CNS(=O)(=O)c1ccc(Cl)cc1Cl)NC(=O)OCc1ccccc1)c1ccc(F)c(F)c1)C(C)C)OCC. The number of rotatable bonds is 19. The standard InChI is InChI=1S/C35H42Cl2F2N4O8S/c1-5-49-32(50-6-2)20-43(22(3)4)34(45)26(24-12-14-28(38)29(39)16-24)18-40-33(44)30(42-35(46)51-21-23-10-8-7-9-11-23)19-41-52(47,48)31-15-13-25(36)17-27(31)37/h7-17,22,26,30,32,41H,5-6,18-21H2,1-4H3,(H,40,44)(H,42,46). The zero-order valence-corrected chi connectivity index (χ0v) is 31.4. The summed E-state index contributed by atoms with van der Waals surface area (Å²) in [7, 11) is -4.34. The molecule has 0 saturated carbocycles. The molecule has 0 fully saturated rings. The van der Waals surface area contributed by atoms with Gasteiger partial charge in [-0.25, -0.2) is 26.7 Å². The van der Waals surface area contributed by atoms with Gasteiger partial charge in [-0.05, 0) is 69.2 Å². The molecule has 3 aromatic carbocycles. The maximum atomic E-state index is 14.5. The van der Waals surface area contributed by atoms with E-state index in [1.807, 2.05) is 0 Å². The minimum absolute atomic E-state index is 0.0151. The van der Waals surface area contributed by atoms with Crippen LogP contribution in [0.25, 0.3) is 0 Å². The molecule has 2 unspecified atom stereocenters. The number of halogens is 4. The predicted molar refractivity (Wildman–Crippen MR) is 191 cm³/mol. The van der Waals surface area contributed by atoms with Gasteiger partial charge in [-0.1, -0.05) is 59.6 Å². The molecule has 3 aromatic rings. The molecule has 3 N–H and O–H groups in total. The maximum absolute atomic E-state index is 14.5. The van der Waals surface area contributed by atoms with Gasteiger partial charge in [0.25, 0.3) is 0 Å². The molecule has 0 saturated heterocycles. The maximum Gasteiger partial charge on any atom is 0.408 e. The summed E-state index contributed by atoms with van der Waals surface area (Å²) in [6.07, 6.45) is -1.84. The molecule has 0 radical (unpaired) electrons. The summed E-state index contributed by atoms with van der Waals surface area (Å²) in [6, 6.07) is 13.3. The number of alkyl carbamates (subject to hydrolysis) is 1. The fourth-order valence-corrected chi connectivity index (χ4v) is 6.74. The molecular weight excluding hydrogens is 745 g/mol. The first kappa shape index (κ1) is 42.6. The van der Waals surface area contributed by atoms with Gasteiger partial charge in [0.1, 0.15) is 17.5 Å². The van der Waals surface area contributed by atoms with Crippen molar-refractivity contribution in [3.8, 4) is 0 Å². The molecular formula is C35H42Cl2F2N4O8S. The third-order valence-electron chi connectivity index (χ3n) is 7.56. The van der Waals surface area contributed by atoms with Crippen LogP contribution in [0.3, 0.4) is 0 Å². The lowest BCUT2D eigenvalue weighted by Crippen LogP contribution is -2.54. The van der Waals surface area contributed by atoms with Crippen molar-refractivity contribution < 1.29 is 45.8 Å². The minimum atomic E-state index is -4.34. The van der Waals surface area contributed by atoms with E-state index >= 15 is 0 Å². The lowest BCUT2D eigenvalue weighted by atomic mass is 9.96. The van der Waals surface area contributed by atoms with Gasteiger partial charge in [-0.3, -0.25) is 9.59 Å². The number of nitrogens with zero attached hydrogens (tertiary/aromatic N) is 1. The Morgan fingerprint density at radius 3 is 2.15 bits per heavy atom. The molecule has 17 heteroatoms. The van der Waals surface area contributed by atoms with E-state index in [1.54, 1.807) is 58.0 Å². The molecule has 0 aromatic heterocycles. The minimum Gasteiger partial charge on any atom is -0.445 e. The Hall–Kier alpha value is -3.86. The van der Waals surface area contributed by atoms with E-state index < -0.39 is 76.9 Å². The van der Waals surface area contributed by atoms with Crippen molar-refractivity contribution in [2.24, 2.45) is 0 Å². The molecule has 0 spiro atoms. The second-order valence-electron chi connectivity index (χ2n) is 11.6. The Bertz CT molecular complexity index is 1770. The van der Waals surface area contributed by atoms with Gasteiger partial charge in [0.2, 0.25) is 21.8 Å². The Kier molecular flexibility index (Phi) is 16.7. The van der Waals surface area contributed by atoms with Crippen molar-refractivity contribution >= 4 is 51.1 Å². The summed E-state index contributed by atoms with van der Waals surface area (Å²) in [5.74, 6) is -5.12. The lowest BCUT2D eigenvalue weighted by Gasteiger charge is -2.34. The van der Waals surface area contributed by atoms with Gasteiger partial charge in [-0.15, -0.1) is 0 Å². The van der Waals surface area contributed by atoms with Crippen molar-refractivity contribution in [3.05, 3.63) is 99.5 Å². The summed E-state index contributed by atoms with van der Waals surface area (Å²) in [5, 5.41) is 4.91. The second-order valence-corrected chi connectivity index (χ2v) is 14.2. The Labute approximate surface area is 312 Å². The van der Waals surface area contributed by atoms with E-state index in [4.69, 9.17) is 37.4 Å². The van der Waals surface area contributed by atoms with E-state index in [9.17, 15) is 31.6 Å². The average molecular weight is 788 g/mol. The van der Waals surface area contributed by atoms with Crippen LogP contribution in [0.15, 0.2) is 71.6 Å². The van der Waals surface area contributed by atoms with Crippen molar-refractivity contribution in [1.29, 1.82) is 0 Å². The number of ether oxygens (including phenoxy) is 3. The van der Waals surface area contributed by atoms with Gasteiger partial charge < -0.3 is 29.7 Å². The van der Waals surface area contributed by atoms with Gasteiger partial charge in [0, 0.05) is 37.4 Å². The van der Waals surface area contributed by atoms with Crippen molar-refractivity contribution in [2.75, 3.05) is 32.8 Å². The molecule has 0 aliphatic rings. The Morgan fingerprint density at radius 1 is 0.885 bits per heavy atom. The van der Waals surface area contributed by atoms with E-state index in [0.717, 1.165) is 12.1 Å². The summed E-state index contributed by atoms with van der Waals surface area (Å²) in [4.78, 5) is 41.7. The molecule has 0 bridgehead atoms. The first-order valence-corrected chi connectivity index (χ1v) is 18.6. The summed E-state index contributed by atoms with van der Waals surface area (Å²) in [5.41, 5.74) is 0.694. The summed E-state index contributed by atoms with van der Waals surface area (Å²) in [6.45, 7) is 6.29. The van der Waals surface area contributed by atoms with Crippen LogP contribution in [-0.4, -0.2) is 82.4 Å². The van der Waals surface area contributed by atoms with Crippen molar-refractivity contribution in [3.63, 3.8) is 0 Å². The van der Waals surface area contributed by atoms with Crippen molar-refractivity contribution in [1.82, 2.24) is 20.3 Å². The van der Waals surface area contributed by atoms with Crippen LogP contribution in [0.4, 0.5) is 13.6 Å². The van der Waals surface area contributed by atoms with E-state index in [1.165, 1.54) is 29.2 Å². The summed E-state index contributed by atoms with van der Waals surface area (Å²) < 4.78 is 73.5. The highest BCUT2D eigenvalue weighted by Crippen LogP contribution is 2.25. The monoisotopic (exact) mass is 786 g/mol. The molecule has 3 amide bonds. The van der Waals surface area contributed by atoms with E-state index in [0.29, 0.717) is 18.8 Å². The number of carbonyl (C=O) groups excluding carboxylic acids is 3. The highest BCUT2D eigenvalue weighted by Gasteiger charge is 2.32. The zero-order chi connectivity index (χ0) is 38.4. The van der Waals surface area contributed by atoms with Crippen LogP contribution < -0.4 is 15.4 Å². The molecule has 3 rings (SSSR count). The second kappa shape index (κ2) is 20.4. The number of amides is 3. The fourth-order valence-electron chi connectivity index (χ4n) is 4.92. The molecule has 284 valence electrons. The zero-order valence-electron chi connectivity index (χ0n) is 29.0. The number of carbonyl (C=O) groups is 3. The molecule has 12 nitrogen and oxygen atoms in total. The van der Waals surface area contributed by atoms with Crippen LogP contribution >= 0.6 is 23.2 Å². The highest BCUT2D eigenvalue weighted by atomic mass is 35.5. The molecule has 0 aliphatic heterocycles. The number of hydrogen-bond acceptors (Lipinski definition) is 8. The van der Waals surface area contributed by atoms with Crippen LogP contribution in [0.2, 0.25) is 10.0 Å². The van der Waals surface area contributed by atoms with Gasteiger partial charge in [0.05, 0.1) is 17.5 Å². The number of benzene rings is 3. The van der Waals surface area contributed by atoms with Crippen LogP contribution in [0.5, 0.6) is 0 Å². The van der Waals surface area contributed by atoms with Crippen LogP contribution in [-0.2, 0) is 40.4 Å².